The predicted octanol–water partition coefficient (Wildman–Crippen LogP) is -1.36. The molecule has 0 aromatic rings. The third-order valence-corrected chi connectivity index (χ3v) is 0. The van der Waals surface area contributed by atoms with Crippen LogP contribution in [-0.4, -0.2) is 48.9 Å². The summed E-state index contributed by atoms with van der Waals surface area (Å²) in [6, 6.07) is 0. The van der Waals surface area contributed by atoms with Gasteiger partial charge in [-0.2, -0.15) is 0 Å². The second-order valence-electron chi connectivity index (χ2n) is 0. The van der Waals surface area contributed by atoms with E-state index >= 15 is 0 Å². The quantitative estimate of drug-likeness (QED) is 0.485. The second kappa shape index (κ2) is 149. The van der Waals surface area contributed by atoms with Crippen molar-refractivity contribution < 1.29 is 27.4 Å². The number of hydrogen-bond donors (Lipinski definition) is 0. The molecule has 0 unspecified atom stereocenters. The Balaban J connectivity index is 0. The average molecular weight is 324 g/mol. The zero-order valence-corrected chi connectivity index (χ0v) is 8.04. The van der Waals surface area contributed by atoms with Crippen molar-refractivity contribution in [1.82, 2.24) is 0 Å². The van der Waals surface area contributed by atoms with E-state index in [2.05, 4.69) is 0 Å². The van der Waals surface area contributed by atoms with Gasteiger partial charge in [-0.25, -0.2) is 0 Å². The fourth-order valence-electron chi connectivity index (χ4n) is 0. The minimum absolute atomic E-state index is 0. The molecular weight excluding hydrogens is 324 g/mol. The topological polar surface area (TPSA) is 142 Å². The third-order valence-electron chi connectivity index (χ3n) is 0. The van der Waals surface area contributed by atoms with Gasteiger partial charge in [0.05, 0.1) is 0 Å². The molecule has 0 aliphatic heterocycles. The van der Waals surface area contributed by atoms with Crippen LogP contribution in [0.4, 0.5) is 0 Å². The van der Waals surface area contributed by atoms with Crippen molar-refractivity contribution in [2.45, 2.75) is 0 Å². The van der Waals surface area contributed by atoms with Crippen LogP contribution in [0, 0.1) is 0 Å². The summed E-state index contributed by atoms with van der Waals surface area (Å²) >= 11 is 0. The van der Waals surface area contributed by atoms with E-state index in [0.29, 0.717) is 0 Å². The van der Waals surface area contributed by atoms with E-state index in [0.717, 1.165) is 0 Å². The predicted molar refractivity (Wildman–Crippen MR) is 14.9 cm³/mol. The SMILES string of the molecule is [O-2].[O-2].[O-2].[O-2].[O-2].[Sb+5].[Sb+5]. The Bertz CT molecular complexity index is 6.04. The Morgan fingerprint density at radius 1 is 0.286 bits per heavy atom. The van der Waals surface area contributed by atoms with E-state index in [1.165, 1.54) is 0 Å². The molecule has 0 atom stereocenters. The zero-order valence-electron chi connectivity index (χ0n) is 2.94. The molecule has 0 amide bonds. The van der Waals surface area contributed by atoms with Gasteiger partial charge in [0.15, 0.2) is 0 Å². The molecule has 0 aliphatic rings. The fourth-order valence-corrected chi connectivity index (χ4v) is 0. The molecule has 7 heavy (non-hydrogen) atoms. The molecule has 0 saturated heterocycles. The first-order valence-electron chi connectivity index (χ1n) is 0. The molecule has 0 fully saturated rings. The normalized spacial score (nSPS) is 0. The summed E-state index contributed by atoms with van der Waals surface area (Å²) in [5, 5.41) is 0. The minimum Gasteiger partial charge on any atom is -2.00 e. The summed E-state index contributed by atoms with van der Waals surface area (Å²) < 4.78 is 0. The van der Waals surface area contributed by atoms with Gasteiger partial charge in [-0.05, 0) is 0 Å². The molecule has 40 valence electrons. The molecule has 0 aromatic carbocycles. The van der Waals surface area contributed by atoms with Crippen molar-refractivity contribution in [2.24, 2.45) is 0 Å². The van der Waals surface area contributed by atoms with E-state index < -0.39 is 0 Å². The van der Waals surface area contributed by atoms with Crippen LogP contribution in [0.1, 0.15) is 0 Å². The Kier molecular flexibility index (Phi) is 4820. The van der Waals surface area contributed by atoms with Crippen LogP contribution < -0.4 is 0 Å². The maximum Gasteiger partial charge on any atom is 5.00 e. The molecule has 0 N–H and O–H groups in total. The van der Waals surface area contributed by atoms with Crippen molar-refractivity contribution in [1.29, 1.82) is 0 Å². The van der Waals surface area contributed by atoms with Crippen molar-refractivity contribution >= 4 is 48.9 Å². The molecule has 0 saturated carbocycles. The number of hydrogen-bond acceptors (Lipinski definition) is 0. The minimum atomic E-state index is 0. The van der Waals surface area contributed by atoms with Gasteiger partial charge in [-0.3, -0.25) is 0 Å². The van der Waals surface area contributed by atoms with E-state index in [1.807, 2.05) is 0 Å². The third kappa shape index (κ3) is 107. The van der Waals surface area contributed by atoms with Gasteiger partial charge in [0.25, 0.3) is 0 Å². The zero-order chi connectivity index (χ0) is 0. The van der Waals surface area contributed by atoms with Gasteiger partial charge < -0.3 is 27.4 Å². The maximum atomic E-state index is 0. The molecule has 5 nitrogen and oxygen atoms in total. The number of rotatable bonds is 0. The van der Waals surface area contributed by atoms with Crippen LogP contribution in [0.15, 0.2) is 0 Å². The molecule has 0 aromatic heterocycles. The monoisotopic (exact) mass is 322 g/mol. The smallest absolute Gasteiger partial charge is 2.00 e. The average Bonchev–Trinajstić information content (AvgIpc) is 0. The largest absolute Gasteiger partial charge is 5.00 e. The summed E-state index contributed by atoms with van der Waals surface area (Å²) in [5.41, 5.74) is 0. The first-order valence-corrected chi connectivity index (χ1v) is 0. The van der Waals surface area contributed by atoms with Gasteiger partial charge in [-0.1, -0.05) is 0 Å². The summed E-state index contributed by atoms with van der Waals surface area (Å²) in [7, 11) is 0. The van der Waals surface area contributed by atoms with Crippen molar-refractivity contribution in [3.05, 3.63) is 0 Å². The summed E-state index contributed by atoms with van der Waals surface area (Å²) in [6.07, 6.45) is 0. The van der Waals surface area contributed by atoms with Crippen molar-refractivity contribution in [3.63, 3.8) is 0 Å². The van der Waals surface area contributed by atoms with Crippen molar-refractivity contribution in [3.8, 4) is 0 Å². The molecule has 7 heteroatoms. The Morgan fingerprint density at radius 2 is 0.286 bits per heavy atom. The first kappa shape index (κ1) is 226. The van der Waals surface area contributed by atoms with Crippen molar-refractivity contribution in [2.75, 3.05) is 0 Å². The van der Waals surface area contributed by atoms with Gasteiger partial charge in [0.1, 0.15) is 0 Å². The Labute approximate surface area is 75.9 Å². The maximum absolute atomic E-state index is 0. The van der Waals surface area contributed by atoms with Gasteiger partial charge in [-0.15, -0.1) is 0 Å². The molecule has 0 heterocycles. The Hall–Kier alpha value is 1.44. The second-order valence-corrected chi connectivity index (χ2v) is 0. The summed E-state index contributed by atoms with van der Waals surface area (Å²) in [4.78, 5) is 0. The fraction of sp³-hybridized carbons (Fsp3) is 0. The molecule has 0 rings (SSSR count). The van der Waals surface area contributed by atoms with Gasteiger partial charge in [0.2, 0.25) is 0 Å². The van der Waals surface area contributed by atoms with Crippen LogP contribution in [0.5, 0.6) is 0 Å². The van der Waals surface area contributed by atoms with E-state index in [-0.39, 0.29) is 76.2 Å². The standard InChI is InChI=1S/5O.2Sb/q5*-2;2*+5. The molecule has 0 aliphatic carbocycles. The van der Waals surface area contributed by atoms with Crippen LogP contribution in [0.25, 0.3) is 0 Å². The van der Waals surface area contributed by atoms with E-state index in [9.17, 15) is 0 Å². The van der Waals surface area contributed by atoms with Crippen LogP contribution >= 0.6 is 0 Å². The summed E-state index contributed by atoms with van der Waals surface area (Å²) in [6.45, 7) is 0. The van der Waals surface area contributed by atoms with Crippen LogP contribution in [-0.2, 0) is 27.4 Å². The molecule has 0 spiro atoms. The molecule has 0 radical (unpaired) electrons. The van der Waals surface area contributed by atoms with Gasteiger partial charge in [0, 0.05) is 0 Å². The van der Waals surface area contributed by atoms with Crippen LogP contribution in [0.3, 0.4) is 0 Å². The van der Waals surface area contributed by atoms with E-state index in [1.54, 1.807) is 0 Å². The van der Waals surface area contributed by atoms with Gasteiger partial charge >= 0.3 is 48.9 Å². The molecular formula is O5Sb2. The molecule has 0 bridgehead atoms. The van der Waals surface area contributed by atoms with E-state index in [4.69, 9.17) is 0 Å². The first-order chi connectivity index (χ1) is 0. The summed E-state index contributed by atoms with van der Waals surface area (Å²) in [5.74, 6) is 0. The van der Waals surface area contributed by atoms with Crippen LogP contribution in [0.2, 0.25) is 0 Å². The Morgan fingerprint density at radius 3 is 0.286 bits per heavy atom.